The fourth-order valence-electron chi connectivity index (χ4n) is 0.949. The third-order valence-electron chi connectivity index (χ3n) is 1.61. The van der Waals surface area contributed by atoms with Crippen LogP contribution < -0.4 is 5.32 Å². The number of carbonyl (C=O) groups excluding carboxylic acids is 2. The molecule has 0 rings (SSSR count). The van der Waals surface area contributed by atoms with Crippen molar-refractivity contribution in [3.05, 3.63) is 12.7 Å². The summed E-state index contributed by atoms with van der Waals surface area (Å²) in [5, 5.41) is 11.2. The Morgan fingerprint density at radius 3 is 2.57 bits per heavy atom. The highest BCUT2D eigenvalue weighted by atomic mass is 16.3. The molecule has 0 saturated carbocycles. The summed E-state index contributed by atoms with van der Waals surface area (Å²) in [4.78, 5) is 23.1. The summed E-state index contributed by atoms with van der Waals surface area (Å²) in [6.07, 6.45) is 1.18. The minimum atomic E-state index is -0.246. The number of carbonyl (C=O) groups is 2. The monoisotopic (exact) mass is 200 g/mol. The van der Waals surface area contributed by atoms with Gasteiger partial charge >= 0.3 is 0 Å². The van der Waals surface area contributed by atoms with Crippen LogP contribution in [0.1, 0.15) is 6.92 Å². The Morgan fingerprint density at radius 2 is 2.14 bits per heavy atom. The first-order valence-electron chi connectivity index (χ1n) is 4.38. The molecule has 0 aliphatic rings. The second-order valence-corrected chi connectivity index (χ2v) is 2.74. The van der Waals surface area contributed by atoms with Crippen LogP contribution in [-0.2, 0) is 9.59 Å². The first-order valence-corrected chi connectivity index (χ1v) is 4.38. The highest BCUT2D eigenvalue weighted by molar-refractivity contribution is 5.87. The van der Waals surface area contributed by atoms with Crippen LogP contribution in [0.15, 0.2) is 12.7 Å². The topological polar surface area (TPSA) is 69.6 Å². The number of aliphatic hydroxyl groups excluding tert-OH is 1. The van der Waals surface area contributed by atoms with Crippen molar-refractivity contribution in [3.63, 3.8) is 0 Å². The van der Waals surface area contributed by atoms with Gasteiger partial charge in [0.15, 0.2) is 0 Å². The normalized spacial score (nSPS) is 9.29. The molecule has 0 heterocycles. The van der Waals surface area contributed by atoms with Gasteiger partial charge in [-0.2, -0.15) is 0 Å². The lowest BCUT2D eigenvalue weighted by Gasteiger charge is -2.19. The Labute approximate surface area is 83.4 Å². The molecule has 0 fully saturated rings. The van der Waals surface area contributed by atoms with Gasteiger partial charge in [0.2, 0.25) is 11.8 Å². The molecule has 0 saturated heterocycles. The molecule has 0 unspecified atom stereocenters. The largest absolute Gasteiger partial charge is 0.395 e. The van der Waals surface area contributed by atoms with Crippen LogP contribution in [0.5, 0.6) is 0 Å². The first kappa shape index (κ1) is 12.6. The molecular weight excluding hydrogens is 184 g/mol. The van der Waals surface area contributed by atoms with Gasteiger partial charge in [0, 0.05) is 26.6 Å². The van der Waals surface area contributed by atoms with Gasteiger partial charge in [-0.25, -0.2) is 0 Å². The average Bonchev–Trinajstić information content (AvgIpc) is 2.15. The molecular formula is C9H16N2O3. The van der Waals surface area contributed by atoms with Crippen LogP contribution >= 0.6 is 0 Å². The first-order chi connectivity index (χ1) is 6.61. The van der Waals surface area contributed by atoms with Gasteiger partial charge in [0.1, 0.15) is 0 Å². The van der Waals surface area contributed by atoms with Crippen molar-refractivity contribution in [1.82, 2.24) is 10.2 Å². The van der Waals surface area contributed by atoms with Crippen molar-refractivity contribution in [3.8, 4) is 0 Å². The highest BCUT2D eigenvalue weighted by Gasteiger charge is 2.08. The summed E-state index contributed by atoms with van der Waals surface area (Å²) in [5.74, 6) is -0.385. The zero-order chi connectivity index (χ0) is 11.0. The Bertz CT molecular complexity index is 216. The molecule has 2 N–H and O–H groups in total. The molecule has 0 aliphatic heterocycles. The third-order valence-corrected chi connectivity index (χ3v) is 1.61. The summed E-state index contributed by atoms with van der Waals surface area (Å²) in [6, 6.07) is 0. The van der Waals surface area contributed by atoms with E-state index in [-0.39, 0.29) is 25.0 Å². The zero-order valence-corrected chi connectivity index (χ0v) is 8.32. The lowest BCUT2D eigenvalue weighted by molar-refractivity contribution is -0.127. The van der Waals surface area contributed by atoms with Crippen LogP contribution in [0.2, 0.25) is 0 Å². The number of aliphatic hydroxyl groups is 1. The lowest BCUT2D eigenvalue weighted by atomic mass is 10.4. The van der Waals surface area contributed by atoms with Crippen molar-refractivity contribution < 1.29 is 14.7 Å². The molecule has 80 valence electrons. The van der Waals surface area contributed by atoms with Crippen LogP contribution in [0.3, 0.4) is 0 Å². The van der Waals surface area contributed by atoms with Gasteiger partial charge in [-0.3, -0.25) is 9.59 Å². The summed E-state index contributed by atoms with van der Waals surface area (Å²) in [5.41, 5.74) is 0. The van der Waals surface area contributed by atoms with E-state index in [1.165, 1.54) is 17.9 Å². The van der Waals surface area contributed by atoms with E-state index in [1.807, 2.05) is 0 Å². The number of hydrogen-bond acceptors (Lipinski definition) is 3. The maximum atomic E-state index is 11.2. The van der Waals surface area contributed by atoms with Gasteiger partial charge in [0.25, 0.3) is 0 Å². The molecule has 0 atom stereocenters. The van der Waals surface area contributed by atoms with E-state index >= 15 is 0 Å². The lowest BCUT2D eigenvalue weighted by Crippen LogP contribution is -2.38. The predicted molar refractivity (Wildman–Crippen MR) is 52.5 cm³/mol. The number of rotatable bonds is 6. The Kier molecular flexibility index (Phi) is 6.39. The van der Waals surface area contributed by atoms with Crippen molar-refractivity contribution in [2.45, 2.75) is 6.92 Å². The van der Waals surface area contributed by atoms with E-state index in [1.54, 1.807) is 0 Å². The van der Waals surface area contributed by atoms with Crippen molar-refractivity contribution in [1.29, 1.82) is 0 Å². The van der Waals surface area contributed by atoms with Gasteiger partial charge < -0.3 is 15.3 Å². The molecule has 0 aromatic carbocycles. The molecule has 5 heteroatoms. The molecule has 0 aliphatic carbocycles. The van der Waals surface area contributed by atoms with E-state index < -0.39 is 0 Å². The van der Waals surface area contributed by atoms with Crippen molar-refractivity contribution >= 4 is 11.8 Å². The SMILES string of the molecule is C=CC(=O)N(CCO)CCNC(C)=O. The number of hydrogen-bond donors (Lipinski definition) is 2. The third kappa shape index (κ3) is 5.31. The maximum absolute atomic E-state index is 11.2. The molecule has 0 aromatic heterocycles. The number of nitrogens with one attached hydrogen (secondary N) is 1. The van der Waals surface area contributed by atoms with Gasteiger partial charge in [-0.05, 0) is 6.08 Å². The summed E-state index contributed by atoms with van der Waals surface area (Å²) in [6.45, 7) is 5.68. The zero-order valence-electron chi connectivity index (χ0n) is 8.32. The fourth-order valence-corrected chi connectivity index (χ4v) is 0.949. The minimum Gasteiger partial charge on any atom is -0.395 e. The maximum Gasteiger partial charge on any atom is 0.246 e. The van der Waals surface area contributed by atoms with Crippen LogP contribution in [-0.4, -0.2) is 48.1 Å². The standard InChI is InChI=1S/C9H16N2O3/c1-3-9(14)11(6-7-12)5-4-10-8(2)13/h3,12H,1,4-7H2,2H3,(H,10,13). The van der Waals surface area contributed by atoms with Crippen molar-refractivity contribution in [2.75, 3.05) is 26.2 Å². The molecule has 0 aromatic rings. The van der Waals surface area contributed by atoms with Gasteiger partial charge in [0.05, 0.1) is 6.61 Å². The number of nitrogens with zero attached hydrogens (tertiary/aromatic N) is 1. The van der Waals surface area contributed by atoms with Crippen LogP contribution in [0.4, 0.5) is 0 Å². The highest BCUT2D eigenvalue weighted by Crippen LogP contribution is 1.89. The Morgan fingerprint density at radius 1 is 1.50 bits per heavy atom. The molecule has 0 spiro atoms. The predicted octanol–water partition coefficient (Wildman–Crippen LogP) is -0.871. The van der Waals surface area contributed by atoms with E-state index in [2.05, 4.69) is 11.9 Å². The quantitative estimate of drug-likeness (QED) is 0.547. The second-order valence-electron chi connectivity index (χ2n) is 2.74. The molecule has 2 amide bonds. The van der Waals surface area contributed by atoms with Gasteiger partial charge in [-0.1, -0.05) is 6.58 Å². The molecule has 5 nitrogen and oxygen atoms in total. The summed E-state index contributed by atoms with van der Waals surface area (Å²) in [7, 11) is 0. The van der Waals surface area contributed by atoms with Crippen LogP contribution in [0.25, 0.3) is 0 Å². The molecule has 0 radical (unpaired) electrons. The van der Waals surface area contributed by atoms with Crippen molar-refractivity contribution in [2.24, 2.45) is 0 Å². The summed E-state index contributed by atoms with van der Waals surface area (Å²) < 4.78 is 0. The Balaban J connectivity index is 3.90. The van der Waals surface area contributed by atoms with E-state index in [9.17, 15) is 9.59 Å². The second kappa shape index (κ2) is 7.08. The van der Waals surface area contributed by atoms with Gasteiger partial charge in [-0.15, -0.1) is 0 Å². The van der Waals surface area contributed by atoms with E-state index in [4.69, 9.17) is 5.11 Å². The average molecular weight is 200 g/mol. The van der Waals surface area contributed by atoms with E-state index in [0.717, 1.165) is 0 Å². The number of amides is 2. The fraction of sp³-hybridized carbons (Fsp3) is 0.556. The van der Waals surface area contributed by atoms with Crippen LogP contribution in [0, 0.1) is 0 Å². The smallest absolute Gasteiger partial charge is 0.246 e. The van der Waals surface area contributed by atoms with E-state index in [0.29, 0.717) is 13.1 Å². The summed E-state index contributed by atoms with van der Waals surface area (Å²) >= 11 is 0. The Hall–Kier alpha value is -1.36. The molecule has 14 heavy (non-hydrogen) atoms. The molecule has 0 bridgehead atoms. The minimum absolute atomic E-state index is 0.0976.